The van der Waals surface area contributed by atoms with Gasteiger partial charge in [0.1, 0.15) is 17.1 Å². The Bertz CT molecular complexity index is 1960. The van der Waals surface area contributed by atoms with E-state index in [9.17, 15) is 10.5 Å². The third kappa shape index (κ3) is 5.71. The van der Waals surface area contributed by atoms with Gasteiger partial charge in [-0.2, -0.15) is 14.9 Å². The van der Waals surface area contributed by atoms with E-state index in [4.69, 9.17) is 12.4 Å². The number of thiazole rings is 1. The van der Waals surface area contributed by atoms with Crippen LogP contribution < -0.4 is 15.1 Å². The lowest BCUT2D eigenvalue weighted by Crippen LogP contribution is -2.08. The minimum Gasteiger partial charge on any atom is -0.355 e. The molecule has 1 N–H and O–H groups in total. The van der Waals surface area contributed by atoms with Crippen LogP contribution in [0.15, 0.2) is 74.5 Å². The number of nitriles is 2. The molecule has 0 aliphatic carbocycles. The van der Waals surface area contributed by atoms with Crippen LogP contribution in [0, 0.1) is 32.4 Å². The van der Waals surface area contributed by atoms with Gasteiger partial charge in [-0.3, -0.25) is 0 Å². The molecule has 5 rings (SSSR count). The molecule has 10 heteroatoms. The Balaban J connectivity index is 1.64. The van der Waals surface area contributed by atoms with Crippen LogP contribution in [0.2, 0.25) is 0 Å². The third-order valence-corrected chi connectivity index (χ3v) is 9.71. The molecule has 190 valence electrons. The first kappa shape index (κ1) is 26.9. The van der Waals surface area contributed by atoms with Crippen molar-refractivity contribution in [3.8, 4) is 22.6 Å². The largest absolute Gasteiger partial charge is 0.355 e. The number of hydrogen-bond acceptors (Lipinski definition) is 10. The Morgan fingerprint density at radius 2 is 1.95 bits per heavy atom. The van der Waals surface area contributed by atoms with E-state index in [1.165, 1.54) is 23.1 Å². The van der Waals surface area contributed by atoms with Crippen molar-refractivity contribution in [1.82, 2.24) is 10.3 Å². The quantitative estimate of drug-likeness (QED) is 0.246. The van der Waals surface area contributed by atoms with Gasteiger partial charge in [0, 0.05) is 65.0 Å². The van der Waals surface area contributed by atoms with Gasteiger partial charge in [0.05, 0.1) is 21.9 Å². The second-order valence-corrected chi connectivity index (χ2v) is 12.7. The van der Waals surface area contributed by atoms with Gasteiger partial charge in [-0.25, -0.2) is 4.98 Å². The molecule has 0 fully saturated rings. The lowest BCUT2D eigenvalue weighted by atomic mass is 10.0. The van der Waals surface area contributed by atoms with Crippen molar-refractivity contribution in [3.05, 3.63) is 99.6 Å². The van der Waals surface area contributed by atoms with E-state index >= 15 is 0 Å². The Kier molecular flexibility index (Phi) is 8.32. The Morgan fingerprint density at radius 3 is 2.62 bits per heavy atom. The average Bonchev–Trinajstić information content (AvgIpc) is 3.76. The summed E-state index contributed by atoms with van der Waals surface area (Å²) in [6, 6.07) is 16.9. The monoisotopic (exact) mass is 597 g/mol. The summed E-state index contributed by atoms with van der Waals surface area (Å²) in [5, 5.41) is 29.8. The highest BCUT2D eigenvalue weighted by molar-refractivity contribution is 8.06. The molecule has 0 spiro atoms. The summed E-state index contributed by atoms with van der Waals surface area (Å²) < 4.78 is 6.39. The first-order chi connectivity index (χ1) is 19.0. The fourth-order valence-electron chi connectivity index (χ4n) is 4.07. The molecule has 5 nitrogen and oxygen atoms in total. The normalized spacial score (nSPS) is 15.5. The van der Waals surface area contributed by atoms with Crippen LogP contribution >= 0.6 is 45.8 Å². The van der Waals surface area contributed by atoms with Gasteiger partial charge in [0.15, 0.2) is 0 Å². The number of allylic oxidation sites excluding steroid dienone is 2. The van der Waals surface area contributed by atoms with Crippen molar-refractivity contribution in [1.29, 1.82) is 10.5 Å². The molecule has 0 bridgehead atoms. The lowest BCUT2D eigenvalue weighted by molar-refractivity contribution is 1.18. The molecular formula is C29H19N5S5. The maximum atomic E-state index is 9.64. The molecule has 4 aromatic rings. The Morgan fingerprint density at radius 1 is 1.08 bits per heavy atom. The van der Waals surface area contributed by atoms with E-state index < -0.39 is 0 Å². The van der Waals surface area contributed by atoms with Gasteiger partial charge >= 0.3 is 0 Å². The van der Waals surface area contributed by atoms with E-state index in [-0.39, 0.29) is 0 Å². The maximum Gasteiger partial charge on any atom is 0.133 e. The first-order valence-electron chi connectivity index (χ1n) is 11.6. The Labute approximate surface area is 247 Å². The number of hydrogen-bond donors (Lipinski definition) is 1. The van der Waals surface area contributed by atoms with E-state index in [2.05, 4.69) is 58.8 Å². The summed E-state index contributed by atoms with van der Waals surface area (Å²) in [4.78, 5) is 6.25. The number of thioether (sulfide) groups is 1. The molecule has 0 amide bonds. The second-order valence-electron chi connectivity index (χ2n) is 8.45. The topological polar surface area (TPSA) is 84.9 Å². The van der Waals surface area contributed by atoms with Crippen molar-refractivity contribution < 1.29 is 0 Å². The third-order valence-electron chi connectivity index (χ3n) is 5.74. The standard InChI is InChI=1S/C29H19N5S5/c1-17(2)26-22(24-7-3-20(38-24)13-18(15-30)28-32-9-11-36-28)5-6-23(27(26)34-35)25-8-4-21(39-25)14-19(16-31)29-33-10-12-37-29/h3-14,32H,1-2H3/b19-14+,20-13?,24-22?,28-18?. The zero-order chi connectivity index (χ0) is 27.4. The lowest BCUT2D eigenvalue weighted by Gasteiger charge is -2.06. The highest BCUT2D eigenvalue weighted by Crippen LogP contribution is 2.35. The molecule has 3 aromatic heterocycles. The van der Waals surface area contributed by atoms with Gasteiger partial charge in [0.25, 0.3) is 0 Å². The van der Waals surface area contributed by atoms with Crippen LogP contribution in [-0.4, -0.2) is 4.98 Å². The molecule has 0 atom stereocenters. The predicted molar refractivity (Wildman–Crippen MR) is 168 cm³/mol. The molecule has 1 aromatic carbocycles. The fourth-order valence-corrected chi connectivity index (χ4v) is 7.46. The molecule has 0 saturated heterocycles. The molecule has 0 radical (unpaired) electrons. The number of nitrogens with zero attached hydrogens (tertiary/aromatic N) is 4. The van der Waals surface area contributed by atoms with E-state index in [1.54, 1.807) is 28.9 Å². The van der Waals surface area contributed by atoms with Crippen molar-refractivity contribution >= 4 is 87.2 Å². The average molecular weight is 598 g/mol. The van der Waals surface area contributed by atoms with Gasteiger partial charge in [-0.15, -0.1) is 34.0 Å². The van der Waals surface area contributed by atoms with Crippen LogP contribution in [-0.2, 0) is 12.4 Å². The number of thiophene rings is 2. The minimum absolute atomic E-state index is 0.541. The van der Waals surface area contributed by atoms with Crippen molar-refractivity contribution in [3.63, 3.8) is 0 Å². The van der Waals surface area contributed by atoms with E-state index in [1.807, 2.05) is 47.3 Å². The zero-order valence-electron chi connectivity index (χ0n) is 20.8. The van der Waals surface area contributed by atoms with Crippen LogP contribution in [0.3, 0.4) is 0 Å². The van der Waals surface area contributed by atoms with Crippen LogP contribution in [0.4, 0.5) is 5.69 Å². The summed E-state index contributed by atoms with van der Waals surface area (Å²) in [5.74, 6) is 0. The van der Waals surface area contributed by atoms with Gasteiger partial charge in [-0.1, -0.05) is 29.5 Å². The molecule has 39 heavy (non-hydrogen) atoms. The zero-order valence-corrected chi connectivity index (χ0v) is 24.8. The van der Waals surface area contributed by atoms with Crippen molar-refractivity contribution in [2.24, 2.45) is 4.36 Å². The summed E-state index contributed by atoms with van der Waals surface area (Å²) in [7, 11) is 0. The van der Waals surface area contributed by atoms with Gasteiger partial charge in [0.2, 0.25) is 0 Å². The van der Waals surface area contributed by atoms with Crippen molar-refractivity contribution in [2.75, 3.05) is 0 Å². The van der Waals surface area contributed by atoms with Gasteiger partial charge < -0.3 is 5.32 Å². The molecular weight excluding hydrogens is 579 g/mol. The number of rotatable bonds is 5. The highest BCUT2D eigenvalue weighted by atomic mass is 32.2. The molecule has 0 saturated carbocycles. The fraction of sp³-hybridized carbons (Fsp3) is 0.0690. The molecule has 0 unspecified atom stereocenters. The highest BCUT2D eigenvalue weighted by Gasteiger charge is 2.12. The second kappa shape index (κ2) is 12.0. The molecule has 4 heterocycles. The predicted octanol–water partition coefficient (Wildman–Crippen LogP) is 7.16. The summed E-state index contributed by atoms with van der Waals surface area (Å²) in [5.41, 5.74) is 3.97. The van der Waals surface area contributed by atoms with Gasteiger partial charge in [-0.05, 0) is 55.7 Å². The van der Waals surface area contributed by atoms with E-state index in [0.717, 1.165) is 51.1 Å². The van der Waals surface area contributed by atoms with Crippen LogP contribution in [0.1, 0.15) is 23.7 Å². The summed E-state index contributed by atoms with van der Waals surface area (Å²) in [6.45, 7) is 4.13. The number of nitrogens with one attached hydrogen (secondary N) is 1. The van der Waals surface area contributed by atoms with Crippen LogP contribution in [0.25, 0.3) is 33.7 Å². The summed E-state index contributed by atoms with van der Waals surface area (Å²) >= 11 is 11.5. The summed E-state index contributed by atoms with van der Waals surface area (Å²) in [6.07, 6.45) is 7.31. The maximum absolute atomic E-state index is 9.64. The number of benzene rings is 1. The van der Waals surface area contributed by atoms with E-state index in [0.29, 0.717) is 16.2 Å². The van der Waals surface area contributed by atoms with Crippen LogP contribution in [0.5, 0.6) is 0 Å². The Hall–Kier alpha value is -3.64. The SMILES string of the molecule is CC(C)=c1c(N=S)c(-c2ccc(/C=C(\C#N)c3nccs3)s2)ccc1=c1ccc(=CC(C#N)=C2NC=CS2)s1. The minimum atomic E-state index is 0.541. The molecule has 1 aliphatic rings. The smallest absolute Gasteiger partial charge is 0.133 e. The first-order valence-corrected chi connectivity index (χ1v) is 15.4. The molecule has 1 aliphatic heterocycles. The number of aromatic nitrogens is 1. The van der Waals surface area contributed by atoms with Crippen molar-refractivity contribution in [2.45, 2.75) is 13.8 Å².